The first-order chi connectivity index (χ1) is 27.3. The molecule has 258 valence electrons. The van der Waals surface area contributed by atoms with E-state index in [0.29, 0.717) is 5.89 Å². The van der Waals surface area contributed by atoms with Crippen molar-refractivity contribution < 1.29 is 4.42 Å². The summed E-state index contributed by atoms with van der Waals surface area (Å²) >= 11 is 0. The molecule has 4 nitrogen and oxygen atoms in total. The molecule has 0 saturated heterocycles. The molecule has 0 saturated carbocycles. The molecular formula is C51H33N3O. The standard InChI is InChI=1S/C51H33N3O/c1-3-15-36(16-4-1)51-52-50-44-23-10-9-21-42(44)48(33-49(50)55-51)53(38-28-26-35(27-29-38)41-24-13-17-34-14-7-8-20-40(34)41)39-30-31-47-45(32-39)43-22-11-12-25-46(43)54(47)37-18-5-2-6-19-37/h1-33H. The van der Waals surface area contributed by atoms with E-state index in [-0.39, 0.29) is 0 Å². The lowest BCUT2D eigenvalue weighted by atomic mass is 9.98. The minimum absolute atomic E-state index is 0.610. The van der Waals surface area contributed by atoms with E-state index < -0.39 is 0 Å². The average Bonchev–Trinajstić information content (AvgIpc) is 3.84. The monoisotopic (exact) mass is 703 g/mol. The second-order valence-corrected chi connectivity index (χ2v) is 14.0. The van der Waals surface area contributed by atoms with Gasteiger partial charge in [0.05, 0.1) is 16.7 Å². The molecule has 2 aromatic heterocycles. The highest BCUT2D eigenvalue weighted by Crippen LogP contribution is 2.45. The summed E-state index contributed by atoms with van der Waals surface area (Å²) in [4.78, 5) is 7.41. The van der Waals surface area contributed by atoms with Gasteiger partial charge in [0, 0.05) is 50.2 Å². The lowest BCUT2D eigenvalue weighted by molar-refractivity contribution is 0.620. The zero-order valence-electron chi connectivity index (χ0n) is 29.8. The number of hydrogen-bond acceptors (Lipinski definition) is 3. The first-order valence-electron chi connectivity index (χ1n) is 18.6. The summed E-state index contributed by atoms with van der Waals surface area (Å²) in [6.45, 7) is 0. The number of nitrogens with zero attached hydrogens (tertiary/aromatic N) is 3. The molecule has 4 heteroatoms. The van der Waals surface area contributed by atoms with Crippen LogP contribution in [0.4, 0.5) is 17.1 Å². The SMILES string of the molecule is c1ccc(-c2nc3c(cc(N(c4ccc(-c5cccc6ccccc56)cc4)c4ccc5c(c4)c4ccccc4n5-c4ccccc4)c4ccccc43)o2)cc1. The molecule has 11 aromatic rings. The maximum atomic E-state index is 6.58. The topological polar surface area (TPSA) is 34.2 Å². The fourth-order valence-electron chi connectivity index (χ4n) is 8.28. The zero-order chi connectivity index (χ0) is 36.3. The smallest absolute Gasteiger partial charge is 0.227 e. The lowest BCUT2D eigenvalue weighted by Crippen LogP contribution is -2.10. The van der Waals surface area contributed by atoms with Crippen molar-refractivity contribution in [3.05, 3.63) is 200 Å². The third-order valence-electron chi connectivity index (χ3n) is 10.8. The molecule has 55 heavy (non-hydrogen) atoms. The van der Waals surface area contributed by atoms with Crippen LogP contribution in [0.25, 0.3) is 82.7 Å². The number of anilines is 3. The van der Waals surface area contributed by atoms with Crippen LogP contribution >= 0.6 is 0 Å². The molecular weight excluding hydrogens is 671 g/mol. The van der Waals surface area contributed by atoms with Crippen molar-refractivity contribution >= 4 is 71.5 Å². The number of fused-ring (bicyclic) bond motifs is 7. The normalized spacial score (nSPS) is 11.6. The molecule has 0 aliphatic heterocycles. The van der Waals surface area contributed by atoms with Gasteiger partial charge in [-0.25, -0.2) is 4.98 Å². The Hall–Kier alpha value is -7.43. The molecule has 0 unspecified atom stereocenters. The van der Waals surface area contributed by atoms with Crippen molar-refractivity contribution in [2.75, 3.05) is 4.90 Å². The van der Waals surface area contributed by atoms with Crippen molar-refractivity contribution in [2.24, 2.45) is 0 Å². The Labute approximate surface area is 317 Å². The second kappa shape index (κ2) is 12.6. The highest BCUT2D eigenvalue weighted by atomic mass is 16.3. The largest absolute Gasteiger partial charge is 0.436 e. The summed E-state index contributed by atoms with van der Waals surface area (Å²) in [6, 6.07) is 71.0. The molecule has 0 spiro atoms. The predicted octanol–water partition coefficient (Wildman–Crippen LogP) is 14.0. The molecule has 0 bridgehead atoms. The number of hydrogen-bond donors (Lipinski definition) is 0. The molecule has 0 aliphatic carbocycles. The van der Waals surface area contributed by atoms with Gasteiger partial charge in [-0.15, -0.1) is 0 Å². The van der Waals surface area contributed by atoms with Gasteiger partial charge in [0.2, 0.25) is 5.89 Å². The summed E-state index contributed by atoms with van der Waals surface area (Å²) in [7, 11) is 0. The molecule has 0 amide bonds. The summed E-state index contributed by atoms with van der Waals surface area (Å²) in [5.74, 6) is 0.610. The Kier molecular flexibility index (Phi) is 7.14. The summed E-state index contributed by atoms with van der Waals surface area (Å²) in [6.07, 6.45) is 0. The molecule has 0 radical (unpaired) electrons. The van der Waals surface area contributed by atoms with Crippen molar-refractivity contribution in [2.45, 2.75) is 0 Å². The minimum Gasteiger partial charge on any atom is -0.436 e. The Morgan fingerprint density at radius 1 is 0.436 bits per heavy atom. The van der Waals surface area contributed by atoms with Crippen LogP contribution in [-0.4, -0.2) is 9.55 Å². The van der Waals surface area contributed by atoms with Gasteiger partial charge in [-0.3, -0.25) is 0 Å². The molecule has 0 fully saturated rings. The molecule has 9 aromatic carbocycles. The fraction of sp³-hybridized carbons (Fsp3) is 0. The number of para-hydroxylation sites is 2. The van der Waals surface area contributed by atoms with Crippen LogP contribution in [0, 0.1) is 0 Å². The first kappa shape index (κ1) is 31.1. The summed E-state index contributed by atoms with van der Waals surface area (Å²) in [5, 5.41) is 7.00. The number of oxazole rings is 1. The van der Waals surface area contributed by atoms with E-state index in [4.69, 9.17) is 9.40 Å². The third kappa shape index (κ3) is 5.11. The summed E-state index contributed by atoms with van der Waals surface area (Å²) < 4.78 is 8.94. The van der Waals surface area contributed by atoms with Gasteiger partial charge >= 0.3 is 0 Å². The van der Waals surface area contributed by atoms with Gasteiger partial charge < -0.3 is 13.9 Å². The van der Waals surface area contributed by atoms with E-state index in [1.807, 2.05) is 30.3 Å². The Balaban J connectivity index is 1.15. The Bertz CT molecular complexity index is 3190. The molecule has 0 atom stereocenters. The van der Waals surface area contributed by atoms with Crippen molar-refractivity contribution in [3.8, 4) is 28.3 Å². The van der Waals surface area contributed by atoms with Crippen LogP contribution in [0.15, 0.2) is 205 Å². The highest BCUT2D eigenvalue weighted by molar-refractivity contribution is 6.14. The van der Waals surface area contributed by atoms with Gasteiger partial charge in [-0.1, -0.05) is 133 Å². The Morgan fingerprint density at radius 3 is 1.89 bits per heavy atom. The van der Waals surface area contributed by atoms with E-state index in [1.54, 1.807) is 0 Å². The lowest BCUT2D eigenvalue weighted by Gasteiger charge is -2.27. The number of aromatic nitrogens is 2. The maximum absolute atomic E-state index is 6.58. The van der Waals surface area contributed by atoms with Crippen LogP contribution in [0.1, 0.15) is 0 Å². The van der Waals surface area contributed by atoms with E-state index in [9.17, 15) is 0 Å². The zero-order valence-corrected chi connectivity index (χ0v) is 29.8. The molecule has 2 heterocycles. The van der Waals surface area contributed by atoms with Gasteiger partial charge in [0.1, 0.15) is 5.52 Å². The van der Waals surface area contributed by atoms with E-state index >= 15 is 0 Å². The highest BCUT2D eigenvalue weighted by Gasteiger charge is 2.22. The molecule has 11 rings (SSSR count). The van der Waals surface area contributed by atoms with Gasteiger partial charge in [-0.2, -0.15) is 0 Å². The van der Waals surface area contributed by atoms with Gasteiger partial charge in [0.25, 0.3) is 0 Å². The predicted molar refractivity (Wildman–Crippen MR) is 229 cm³/mol. The fourth-order valence-corrected chi connectivity index (χ4v) is 8.28. The summed E-state index contributed by atoms with van der Waals surface area (Å²) in [5.41, 5.74) is 11.5. The first-order valence-corrected chi connectivity index (χ1v) is 18.6. The van der Waals surface area contributed by atoms with Crippen LogP contribution in [0.3, 0.4) is 0 Å². The van der Waals surface area contributed by atoms with E-state index in [1.165, 1.54) is 38.2 Å². The van der Waals surface area contributed by atoms with Crippen LogP contribution in [0.5, 0.6) is 0 Å². The minimum atomic E-state index is 0.610. The molecule has 0 N–H and O–H groups in total. The van der Waals surface area contributed by atoms with Gasteiger partial charge in [-0.05, 0) is 82.6 Å². The van der Waals surface area contributed by atoms with E-state index in [2.05, 4.69) is 179 Å². The van der Waals surface area contributed by atoms with Gasteiger partial charge in [0.15, 0.2) is 5.58 Å². The van der Waals surface area contributed by atoms with Crippen molar-refractivity contribution in [1.29, 1.82) is 0 Å². The van der Waals surface area contributed by atoms with Crippen molar-refractivity contribution in [1.82, 2.24) is 9.55 Å². The van der Waals surface area contributed by atoms with Crippen LogP contribution in [0.2, 0.25) is 0 Å². The second-order valence-electron chi connectivity index (χ2n) is 14.0. The quantitative estimate of drug-likeness (QED) is 0.173. The van der Waals surface area contributed by atoms with E-state index in [0.717, 1.165) is 55.7 Å². The average molecular weight is 704 g/mol. The number of benzene rings is 9. The Morgan fingerprint density at radius 2 is 1.07 bits per heavy atom. The van der Waals surface area contributed by atoms with Crippen molar-refractivity contribution in [3.63, 3.8) is 0 Å². The number of rotatable bonds is 6. The van der Waals surface area contributed by atoms with Crippen LogP contribution < -0.4 is 4.90 Å². The molecule has 0 aliphatic rings. The third-order valence-corrected chi connectivity index (χ3v) is 10.8. The maximum Gasteiger partial charge on any atom is 0.227 e. The van der Waals surface area contributed by atoms with Crippen LogP contribution in [-0.2, 0) is 0 Å².